The standard InChI is InChI=1S/C25H29NO/c1-19-5-11-22(12-6-19)25(26-17-4-18-27,23-13-7-20(2)8-14-23)24-15-9-21(3)10-16-24/h5-16,26-27H,4,17-18H2,1-3H3. The Bertz CT molecular complexity index is 737. The molecule has 0 aliphatic heterocycles. The Labute approximate surface area is 162 Å². The Morgan fingerprint density at radius 1 is 0.630 bits per heavy atom. The van der Waals surface area contributed by atoms with E-state index >= 15 is 0 Å². The van der Waals surface area contributed by atoms with Gasteiger partial charge < -0.3 is 5.11 Å². The van der Waals surface area contributed by atoms with Crippen molar-refractivity contribution >= 4 is 0 Å². The predicted octanol–water partition coefficient (Wildman–Crippen LogP) is 4.88. The topological polar surface area (TPSA) is 32.3 Å². The van der Waals surface area contributed by atoms with Gasteiger partial charge in [0.05, 0.1) is 5.54 Å². The maximum absolute atomic E-state index is 9.34. The Morgan fingerprint density at radius 2 is 0.963 bits per heavy atom. The molecule has 2 N–H and O–H groups in total. The third-order valence-electron chi connectivity index (χ3n) is 5.18. The molecule has 3 rings (SSSR count). The van der Waals surface area contributed by atoms with Crippen LogP contribution in [0.5, 0.6) is 0 Å². The molecule has 0 heterocycles. The first-order valence-corrected chi connectivity index (χ1v) is 9.63. The second-order valence-electron chi connectivity index (χ2n) is 7.35. The van der Waals surface area contributed by atoms with Crippen LogP contribution in [0.25, 0.3) is 0 Å². The number of rotatable bonds is 7. The van der Waals surface area contributed by atoms with Gasteiger partial charge in [0.25, 0.3) is 0 Å². The minimum Gasteiger partial charge on any atom is -0.396 e. The number of aliphatic hydroxyl groups is 1. The first kappa shape index (κ1) is 19.3. The molecule has 0 bridgehead atoms. The van der Waals surface area contributed by atoms with E-state index in [4.69, 9.17) is 0 Å². The van der Waals surface area contributed by atoms with Crippen LogP contribution in [0.1, 0.15) is 39.8 Å². The van der Waals surface area contributed by atoms with E-state index in [1.54, 1.807) is 0 Å². The summed E-state index contributed by atoms with van der Waals surface area (Å²) in [5.41, 5.74) is 6.91. The molecule has 3 aromatic rings. The second kappa shape index (κ2) is 8.51. The molecule has 0 saturated heterocycles. The molecule has 2 heteroatoms. The van der Waals surface area contributed by atoms with Crippen molar-refractivity contribution in [2.45, 2.75) is 32.7 Å². The van der Waals surface area contributed by atoms with E-state index < -0.39 is 5.54 Å². The predicted molar refractivity (Wildman–Crippen MR) is 113 cm³/mol. The lowest BCUT2D eigenvalue weighted by molar-refractivity contribution is 0.280. The van der Waals surface area contributed by atoms with E-state index in [-0.39, 0.29) is 6.61 Å². The van der Waals surface area contributed by atoms with Gasteiger partial charge in [0, 0.05) is 6.61 Å². The van der Waals surface area contributed by atoms with Gasteiger partial charge in [0.2, 0.25) is 0 Å². The summed E-state index contributed by atoms with van der Waals surface area (Å²) >= 11 is 0. The molecule has 0 amide bonds. The molecule has 0 atom stereocenters. The molecule has 0 aliphatic rings. The smallest absolute Gasteiger partial charge is 0.0947 e. The van der Waals surface area contributed by atoms with Crippen LogP contribution in [0.3, 0.4) is 0 Å². The molecule has 0 radical (unpaired) electrons. The van der Waals surface area contributed by atoms with Gasteiger partial charge in [-0.3, -0.25) is 5.32 Å². The summed E-state index contributed by atoms with van der Waals surface area (Å²) in [6.45, 7) is 7.25. The normalized spacial score (nSPS) is 11.6. The molecule has 140 valence electrons. The van der Waals surface area contributed by atoms with E-state index in [0.717, 1.165) is 6.54 Å². The van der Waals surface area contributed by atoms with Crippen molar-refractivity contribution in [3.8, 4) is 0 Å². The molecule has 0 spiro atoms. The van der Waals surface area contributed by atoms with Gasteiger partial charge in [-0.1, -0.05) is 89.5 Å². The molecular weight excluding hydrogens is 330 g/mol. The van der Waals surface area contributed by atoms with Crippen molar-refractivity contribution in [1.82, 2.24) is 5.32 Å². The van der Waals surface area contributed by atoms with Crippen molar-refractivity contribution in [1.29, 1.82) is 0 Å². The quantitative estimate of drug-likeness (QED) is 0.466. The highest BCUT2D eigenvalue weighted by molar-refractivity contribution is 5.50. The van der Waals surface area contributed by atoms with Gasteiger partial charge >= 0.3 is 0 Å². The van der Waals surface area contributed by atoms with Crippen LogP contribution in [0.2, 0.25) is 0 Å². The van der Waals surface area contributed by atoms with Gasteiger partial charge in [0.15, 0.2) is 0 Å². The first-order valence-electron chi connectivity index (χ1n) is 9.63. The molecule has 0 fully saturated rings. The van der Waals surface area contributed by atoms with E-state index in [1.807, 2.05) is 0 Å². The first-order chi connectivity index (χ1) is 13.1. The van der Waals surface area contributed by atoms with Crippen LogP contribution in [0, 0.1) is 20.8 Å². The lowest BCUT2D eigenvalue weighted by Crippen LogP contribution is -2.45. The molecule has 0 saturated carbocycles. The summed E-state index contributed by atoms with van der Waals surface area (Å²) in [7, 11) is 0. The fraction of sp³-hybridized carbons (Fsp3) is 0.280. The lowest BCUT2D eigenvalue weighted by atomic mass is 9.76. The summed E-state index contributed by atoms with van der Waals surface area (Å²) < 4.78 is 0. The number of aliphatic hydroxyl groups excluding tert-OH is 1. The van der Waals surface area contributed by atoms with Crippen LogP contribution in [0.4, 0.5) is 0 Å². The van der Waals surface area contributed by atoms with Crippen LogP contribution in [0.15, 0.2) is 72.8 Å². The summed E-state index contributed by atoms with van der Waals surface area (Å²) in [5.74, 6) is 0. The summed E-state index contributed by atoms with van der Waals surface area (Å²) in [5, 5.41) is 13.1. The van der Waals surface area contributed by atoms with Gasteiger partial charge in [-0.05, 0) is 50.4 Å². The van der Waals surface area contributed by atoms with Crippen LogP contribution in [-0.4, -0.2) is 18.3 Å². The average Bonchev–Trinajstić information content (AvgIpc) is 2.68. The largest absolute Gasteiger partial charge is 0.396 e. The summed E-state index contributed by atoms with van der Waals surface area (Å²) in [6, 6.07) is 26.3. The maximum Gasteiger partial charge on any atom is 0.0947 e. The number of nitrogens with one attached hydrogen (secondary N) is 1. The highest BCUT2D eigenvalue weighted by Crippen LogP contribution is 2.37. The minimum absolute atomic E-state index is 0.179. The fourth-order valence-electron chi connectivity index (χ4n) is 3.57. The van der Waals surface area contributed by atoms with Crippen LogP contribution < -0.4 is 5.32 Å². The van der Waals surface area contributed by atoms with Crippen LogP contribution in [-0.2, 0) is 5.54 Å². The van der Waals surface area contributed by atoms with Gasteiger partial charge in [0.1, 0.15) is 0 Å². The molecule has 3 aromatic carbocycles. The molecule has 27 heavy (non-hydrogen) atoms. The van der Waals surface area contributed by atoms with Crippen LogP contribution >= 0.6 is 0 Å². The Hall–Kier alpha value is -2.42. The Kier molecular flexibility index (Phi) is 6.10. The molecule has 0 unspecified atom stereocenters. The molecule has 0 aromatic heterocycles. The van der Waals surface area contributed by atoms with Gasteiger partial charge in [-0.25, -0.2) is 0 Å². The third kappa shape index (κ3) is 4.13. The van der Waals surface area contributed by atoms with Crippen molar-refractivity contribution in [2.75, 3.05) is 13.2 Å². The fourth-order valence-corrected chi connectivity index (χ4v) is 3.57. The average molecular weight is 360 g/mol. The second-order valence-corrected chi connectivity index (χ2v) is 7.35. The van der Waals surface area contributed by atoms with Crippen molar-refractivity contribution in [2.24, 2.45) is 0 Å². The Balaban J connectivity index is 2.23. The SMILES string of the molecule is Cc1ccc(C(NCCCO)(c2ccc(C)cc2)c2ccc(C)cc2)cc1. The molecule has 0 aliphatic carbocycles. The van der Waals surface area contributed by atoms with Crippen molar-refractivity contribution in [3.05, 3.63) is 106 Å². The maximum atomic E-state index is 9.34. The zero-order valence-corrected chi connectivity index (χ0v) is 16.5. The molecular formula is C25H29NO. The number of hydrogen-bond donors (Lipinski definition) is 2. The lowest BCUT2D eigenvalue weighted by Gasteiger charge is -2.37. The zero-order valence-electron chi connectivity index (χ0n) is 16.5. The van der Waals surface area contributed by atoms with E-state index in [2.05, 4.69) is 98.9 Å². The number of hydrogen-bond acceptors (Lipinski definition) is 2. The van der Waals surface area contributed by atoms with E-state index in [0.29, 0.717) is 6.42 Å². The Morgan fingerprint density at radius 3 is 1.26 bits per heavy atom. The number of aryl methyl sites for hydroxylation is 3. The highest BCUT2D eigenvalue weighted by Gasteiger charge is 2.35. The third-order valence-corrected chi connectivity index (χ3v) is 5.18. The monoisotopic (exact) mass is 359 g/mol. The molecule has 2 nitrogen and oxygen atoms in total. The summed E-state index contributed by atoms with van der Waals surface area (Å²) in [6.07, 6.45) is 0.714. The van der Waals surface area contributed by atoms with E-state index in [9.17, 15) is 5.11 Å². The zero-order chi connectivity index (χ0) is 19.3. The van der Waals surface area contributed by atoms with E-state index in [1.165, 1.54) is 33.4 Å². The van der Waals surface area contributed by atoms with Crippen molar-refractivity contribution in [3.63, 3.8) is 0 Å². The summed E-state index contributed by atoms with van der Waals surface area (Å²) in [4.78, 5) is 0. The minimum atomic E-state index is -0.454. The van der Waals surface area contributed by atoms with Crippen molar-refractivity contribution < 1.29 is 5.11 Å². The van der Waals surface area contributed by atoms with Gasteiger partial charge in [-0.2, -0.15) is 0 Å². The highest BCUT2D eigenvalue weighted by atomic mass is 16.3. The van der Waals surface area contributed by atoms with Gasteiger partial charge in [-0.15, -0.1) is 0 Å². The number of benzene rings is 3.